The molecule has 18 heavy (non-hydrogen) atoms. The van der Waals surface area contributed by atoms with Crippen molar-refractivity contribution < 1.29 is 0 Å². The minimum atomic E-state index is 0.726. The van der Waals surface area contributed by atoms with E-state index in [4.69, 9.17) is 5.73 Å². The van der Waals surface area contributed by atoms with Crippen molar-refractivity contribution in [1.29, 1.82) is 0 Å². The van der Waals surface area contributed by atoms with Gasteiger partial charge >= 0.3 is 0 Å². The van der Waals surface area contributed by atoms with Crippen LogP contribution in [0.1, 0.15) is 38.2 Å². The van der Waals surface area contributed by atoms with Gasteiger partial charge in [0.2, 0.25) is 0 Å². The van der Waals surface area contributed by atoms with Crippen LogP contribution in [0.4, 0.5) is 5.69 Å². The number of nitrogen functional groups attached to an aromatic ring is 1. The maximum atomic E-state index is 6.06. The van der Waals surface area contributed by atoms with Gasteiger partial charge in [0.25, 0.3) is 0 Å². The number of hydrogen-bond acceptors (Lipinski definition) is 2. The van der Waals surface area contributed by atoms with Crippen molar-refractivity contribution in [1.82, 2.24) is 4.90 Å². The lowest BCUT2D eigenvalue weighted by atomic mass is 9.86. The van der Waals surface area contributed by atoms with Crippen LogP contribution in [0.3, 0.4) is 0 Å². The molecule has 1 aromatic rings. The molecule has 0 amide bonds. The lowest BCUT2D eigenvalue weighted by Gasteiger charge is -2.33. The minimum Gasteiger partial charge on any atom is -0.398 e. The molecular formula is C15H23BrN2. The Balaban J connectivity index is 1.96. The lowest BCUT2D eigenvalue weighted by molar-refractivity contribution is 0.164. The van der Waals surface area contributed by atoms with Crippen LogP contribution >= 0.6 is 15.9 Å². The molecule has 0 bridgehead atoms. The van der Waals surface area contributed by atoms with Gasteiger partial charge in [-0.1, -0.05) is 28.9 Å². The van der Waals surface area contributed by atoms with Crippen LogP contribution in [-0.2, 0) is 6.54 Å². The molecule has 0 atom stereocenters. The number of hydrogen-bond donors (Lipinski definition) is 1. The highest BCUT2D eigenvalue weighted by Crippen LogP contribution is 2.28. The molecule has 2 rings (SSSR count). The molecule has 2 N–H and O–H groups in total. The number of nitrogens with two attached hydrogens (primary N) is 1. The molecule has 0 aromatic heterocycles. The van der Waals surface area contributed by atoms with E-state index in [1.54, 1.807) is 0 Å². The van der Waals surface area contributed by atoms with Gasteiger partial charge in [0, 0.05) is 22.7 Å². The first-order valence-electron chi connectivity index (χ1n) is 6.80. The second-order valence-electron chi connectivity index (χ2n) is 5.67. The Morgan fingerprint density at radius 2 is 1.94 bits per heavy atom. The molecule has 0 unspecified atom stereocenters. The Hall–Kier alpha value is -0.540. The van der Waals surface area contributed by atoms with Gasteiger partial charge in [0.15, 0.2) is 0 Å². The normalized spacial score (nSPS) is 24.4. The number of nitrogens with zero attached hydrogens (tertiary/aromatic N) is 1. The minimum absolute atomic E-state index is 0.726. The van der Waals surface area contributed by atoms with Crippen molar-refractivity contribution in [3.05, 3.63) is 28.2 Å². The predicted octanol–water partition coefficient (Wildman–Crippen LogP) is 4.04. The number of anilines is 1. The van der Waals surface area contributed by atoms with Gasteiger partial charge in [-0.25, -0.2) is 0 Å². The fourth-order valence-corrected chi connectivity index (χ4v) is 3.17. The Morgan fingerprint density at radius 3 is 2.56 bits per heavy atom. The van der Waals surface area contributed by atoms with Crippen molar-refractivity contribution in [2.75, 3.05) is 12.8 Å². The molecule has 0 heterocycles. The van der Waals surface area contributed by atoms with Gasteiger partial charge < -0.3 is 5.73 Å². The van der Waals surface area contributed by atoms with Crippen LogP contribution in [0.2, 0.25) is 0 Å². The summed E-state index contributed by atoms with van der Waals surface area (Å²) >= 11 is 3.45. The largest absolute Gasteiger partial charge is 0.398 e. The van der Waals surface area contributed by atoms with Crippen molar-refractivity contribution in [2.24, 2.45) is 5.92 Å². The van der Waals surface area contributed by atoms with Crippen LogP contribution in [0.5, 0.6) is 0 Å². The monoisotopic (exact) mass is 310 g/mol. The van der Waals surface area contributed by atoms with E-state index in [-0.39, 0.29) is 0 Å². The fraction of sp³-hybridized carbons (Fsp3) is 0.600. The number of benzene rings is 1. The molecule has 0 aliphatic heterocycles. The summed E-state index contributed by atoms with van der Waals surface area (Å²) in [5.41, 5.74) is 8.19. The van der Waals surface area contributed by atoms with E-state index in [1.165, 1.54) is 31.2 Å². The second-order valence-corrected chi connectivity index (χ2v) is 6.59. The molecular weight excluding hydrogens is 288 g/mol. The summed E-state index contributed by atoms with van der Waals surface area (Å²) in [5.74, 6) is 0.910. The number of halogens is 1. The molecule has 0 radical (unpaired) electrons. The van der Waals surface area contributed by atoms with E-state index < -0.39 is 0 Å². The first kappa shape index (κ1) is 13.9. The van der Waals surface area contributed by atoms with Crippen LogP contribution < -0.4 is 5.73 Å². The van der Waals surface area contributed by atoms with E-state index in [2.05, 4.69) is 46.9 Å². The third kappa shape index (κ3) is 3.48. The van der Waals surface area contributed by atoms with Crippen LogP contribution in [0.25, 0.3) is 0 Å². The van der Waals surface area contributed by atoms with E-state index >= 15 is 0 Å². The first-order chi connectivity index (χ1) is 8.56. The highest BCUT2D eigenvalue weighted by Gasteiger charge is 2.21. The summed E-state index contributed by atoms with van der Waals surface area (Å²) in [7, 11) is 2.22. The highest BCUT2D eigenvalue weighted by atomic mass is 79.9. The quantitative estimate of drug-likeness (QED) is 0.854. The number of rotatable bonds is 3. The standard InChI is InChI=1S/C15H23BrN2/c1-11-3-7-14(8-4-11)18(2)10-12-5-6-13(16)9-15(12)17/h5-6,9,11,14H,3-4,7-8,10,17H2,1-2H3. The zero-order valence-electron chi connectivity index (χ0n) is 11.3. The zero-order valence-corrected chi connectivity index (χ0v) is 12.9. The van der Waals surface area contributed by atoms with E-state index in [0.29, 0.717) is 0 Å². The Kier molecular flexibility index (Phi) is 4.68. The third-order valence-electron chi connectivity index (χ3n) is 4.14. The molecule has 2 nitrogen and oxygen atoms in total. The van der Waals surface area contributed by atoms with Crippen molar-refractivity contribution in [2.45, 2.75) is 45.2 Å². The maximum Gasteiger partial charge on any atom is 0.0371 e. The lowest BCUT2D eigenvalue weighted by Crippen LogP contribution is -2.34. The zero-order chi connectivity index (χ0) is 13.1. The van der Waals surface area contributed by atoms with Crippen LogP contribution in [0.15, 0.2) is 22.7 Å². The molecule has 0 spiro atoms. The Morgan fingerprint density at radius 1 is 1.28 bits per heavy atom. The molecule has 1 aliphatic carbocycles. The van der Waals surface area contributed by atoms with Gasteiger partial charge in [-0.05, 0) is 56.3 Å². The predicted molar refractivity (Wildman–Crippen MR) is 81.4 cm³/mol. The van der Waals surface area contributed by atoms with E-state index in [0.717, 1.165) is 28.7 Å². The average Bonchev–Trinajstić information content (AvgIpc) is 2.33. The van der Waals surface area contributed by atoms with Crippen molar-refractivity contribution >= 4 is 21.6 Å². The molecule has 1 saturated carbocycles. The van der Waals surface area contributed by atoms with Gasteiger partial charge in [-0.15, -0.1) is 0 Å². The summed E-state index contributed by atoms with van der Waals surface area (Å²) in [6.45, 7) is 3.32. The Bertz CT molecular complexity index is 397. The van der Waals surface area contributed by atoms with Gasteiger partial charge in [-0.2, -0.15) is 0 Å². The molecule has 3 heteroatoms. The average molecular weight is 311 g/mol. The molecule has 0 saturated heterocycles. The fourth-order valence-electron chi connectivity index (χ4n) is 2.79. The molecule has 1 aromatic carbocycles. The Labute approximate surface area is 119 Å². The van der Waals surface area contributed by atoms with Crippen molar-refractivity contribution in [3.8, 4) is 0 Å². The van der Waals surface area contributed by atoms with Crippen LogP contribution in [-0.4, -0.2) is 18.0 Å². The van der Waals surface area contributed by atoms with Gasteiger partial charge in [0.05, 0.1) is 0 Å². The van der Waals surface area contributed by atoms with E-state index in [9.17, 15) is 0 Å². The molecule has 1 aliphatic rings. The van der Waals surface area contributed by atoms with Crippen molar-refractivity contribution in [3.63, 3.8) is 0 Å². The topological polar surface area (TPSA) is 29.3 Å². The smallest absolute Gasteiger partial charge is 0.0371 e. The summed E-state index contributed by atoms with van der Waals surface area (Å²) < 4.78 is 1.05. The summed E-state index contributed by atoms with van der Waals surface area (Å²) in [4.78, 5) is 2.46. The second kappa shape index (κ2) is 6.07. The SMILES string of the molecule is CC1CCC(N(C)Cc2ccc(Br)cc2N)CC1. The summed E-state index contributed by atoms with van der Waals surface area (Å²) in [5, 5.41) is 0. The van der Waals surface area contributed by atoms with Crippen LogP contribution in [0, 0.1) is 5.92 Å². The van der Waals surface area contributed by atoms with E-state index in [1.807, 2.05) is 6.07 Å². The summed E-state index contributed by atoms with van der Waals surface area (Å²) in [6.07, 6.45) is 5.39. The van der Waals surface area contributed by atoms with Gasteiger partial charge in [-0.3, -0.25) is 4.90 Å². The molecule has 1 fully saturated rings. The molecule has 100 valence electrons. The van der Waals surface area contributed by atoms with Gasteiger partial charge in [0.1, 0.15) is 0 Å². The summed E-state index contributed by atoms with van der Waals surface area (Å²) in [6, 6.07) is 6.92. The first-order valence-corrected chi connectivity index (χ1v) is 7.59. The third-order valence-corrected chi connectivity index (χ3v) is 4.63. The highest BCUT2D eigenvalue weighted by molar-refractivity contribution is 9.10. The maximum absolute atomic E-state index is 6.06.